The smallest absolute Gasteiger partial charge is 0.387 e. The van der Waals surface area contributed by atoms with Crippen LogP contribution in [0.1, 0.15) is 43.4 Å². The van der Waals surface area contributed by atoms with E-state index in [1.54, 1.807) is 18.2 Å². The van der Waals surface area contributed by atoms with Gasteiger partial charge in [0.2, 0.25) is 0 Å². The summed E-state index contributed by atoms with van der Waals surface area (Å²) in [6.07, 6.45) is 0.653. The molecule has 3 rings (SSSR count). The molecule has 2 aromatic rings. The quantitative estimate of drug-likeness (QED) is 0.906. The first kappa shape index (κ1) is 18.5. The van der Waals surface area contributed by atoms with Crippen molar-refractivity contribution in [3.63, 3.8) is 0 Å². The van der Waals surface area contributed by atoms with Crippen LogP contribution in [0.5, 0.6) is 5.75 Å². The van der Waals surface area contributed by atoms with Gasteiger partial charge in [-0.15, -0.1) is 0 Å². The van der Waals surface area contributed by atoms with E-state index < -0.39 is 6.61 Å². The average Bonchev–Trinajstić information content (AvgIpc) is 2.56. The fourth-order valence-corrected chi connectivity index (χ4v) is 3.06. The van der Waals surface area contributed by atoms with Crippen molar-refractivity contribution in [2.75, 3.05) is 6.54 Å². The van der Waals surface area contributed by atoms with Crippen LogP contribution in [0.15, 0.2) is 29.1 Å². The number of aromatic amines is 1. The molecule has 7 heteroatoms. The first-order valence-corrected chi connectivity index (χ1v) is 8.61. The molecule has 0 bridgehead atoms. The molecule has 0 atom stereocenters. The van der Waals surface area contributed by atoms with Crippen LogP contribution in [0.25, 0.3) is 0 Å². The van der Waals surface area contributed by atoms with Crippen molar-refractivity contribution in [1.29, 1.82) is 0 Å². The van der Waals surface area contributed by atoms with Gasteiger partial charge in [0.15, 0.2) is 0 Å². The number of ether oxygens (including phenoxy) is 1. The molecule has 1 N–H and O–H groups in total. The van der Waals surface area contributed by atoms with Crippen LogP contribution in [-0.4, -0.2) is 28.0 Å². The Labute approximate surface area is 151 Å². The molecule has 1 aliphatic heterocycles. The molecule has 140 valence electrons. The maximum Gasteiger partial charge on any atom is 0.387 e. The van der Waals surface area contributed by atoms with Gasteiger partial charge in [-0.2, -0.15) is 8.78 Å². The van der Waals surface area contributed by atoms with Crippen molar-refractivity contribution < 1.29 is 13.5 Å². The SMILES string of the molecule is CC(C)(C)c1nc2c(c(=O)[nH]1)CN(Cc1ccccc1OC(F)F)CC2. The molecule has 26 heavy (non-hydrogen) atoms. The highest BCUT2D eigenvalue weighted by molar-refractivity contribution is 5.33. The number of hydrogen-bond donors (Lipinski definition) is 1. The van der Waals surface area contributed by atoms with E-state index in [1.807, 2.05) is 25.7 Å². The van der Waals surface area contributed by atoms with Gasteiger partial charge in [0, 0.05) is 37.0 Å². The van der Waals surface area contributed by atoms with E-state index in [-0.39, 0.29) is 16.7 Å². The number of aromatic nitrogens is 2. The summed E-state index contributed by atoms with van der Waals surface area (Å²) in [7, 11) is 0. The average molecular weight is 363 g/mol. The Balaban J connectivity index is 1.81. The standard InChI is InChI=1S/C19H23F2N3O2/c1-19(2,3)17-22-14-8-9-24(11-13(14)16(25)23-17)10-12-6-4-5-7-15(12)26-18(20)21/h4-7,18H,8-11H2,1-3H3,(H,22,23,25). The van der Waals surface area contributed by atoms with Gasteiger partial charge in [-0.25, -0.2) is 4.98 Å². The Kier molecular flexibility index (Phi) is 5.09. The van der Waals surface area contributed by atoms with Crippen LogP contribution in [-0.2, 0) is 24.9 Å². The molecule has 0 unspecified atom stereocenters. The van der Waals surface area contributed by atoms with Gasteiger partial charge in [0.25, 0.3) is 5.56 Å². The first-order valence-electron chi connectivity index (χ1n) is 8.61. The maximum absolute atomic E-state index is 12.6. The van der Waals surface area contributed by atoms with Crippen molar-refractivity contribution in [2.45, 2.75) is 52.3 Å². The summed E-state index contributed by atoms with van der Waals surface area (Å²) in [4.78, 5) is 22.1. The molecule has 5 nitrogen and oxygen atoms in total. The zero-order valence-electron chi connectivity index (χ0n) is 15.2. The summed E-state index contributed by atoms with van der Waals surface area (Å²) in [6, 6.07) is 6.74. The van der Waals surface area contributed by atoms with Crippen molar-refractivity contribution in [2.24, 2.45) is 0 Å². The predicted molar refractivity (Wildman–Crippen MR) is 94.4 cm³/mol. The maximum atomic E-state index is 12.6. The summed E-state index contributed by atoms with van der Waals surface area (Å²) >= 11 is 0. The molecule has 1 aromatic carbocycles. The van der Waals surface area contributed by atoms with Gasteiger partial charge >= 0.3 is 6.61 Å². The Morgan fingerprint density at radius 2 is 2.04 bits per heavy atom. The second-order valence-corrected chi connectivity index (χ2v) is 7.54. The Hall–Kier alpha value is -2.28. The normalized spacial score (nSPS) is 15.2. The topological polar surface area (TPSA) is 58.2 Å². The lowest BCUT2D eigenvalue weighted by Crippen LogP contribution is -2.37. The molecule has 2 heterocycles. The van der Waals surface area contributed by atoms with Gasteiger partial charge in [0.05, 0.1) is 11.3 Å². The largest absolute Gasteiger partial charge is 0.434 e. The Bertz CT molecular complexity index is 843. The minimum absolute atomic E-state index is 0.123. The van der Waals surface area contributed by atoms with Gasteiger partial charge < -0.3 is 9.72 Å². The van der Waals surface area contributed by atoms with Crippen molar-refractivity contribution in [3.8, 4) is 5.75 Å². The summed E-state index contributed by atoms with van der Waals surface area (Å²) in [5.41, 5.74) is 1.80. The number of alkyl halides is 2. The van der Waals surface area contributed by atoms with E-state index in [0.717, 1.165) is 5.69 Å². The van der Waals surface area contributed by atoms with E-state index >= 15 is 0 Å². The first-order chi connectivity index (χ1) is 12.2. The second kappa shape index (κ2) is 7.15. The lowest BCUT2D eigenvalue weighted by molar-refractivity contribution is -0.0508. The number of hydrogen-bond acceptors (Lipinski definition) is 4. The van der Waals surface area contributed by atoms with Crippen molar-refractivity contribution >= 4 is 0 Å². The summed E-state index contributed by atoms with van der Waals surface area (Å²) in [6.45, 7) is 4.73. The molecule has 0 fully saturated rings. The van der Waals surface area contributed by atoms with Gasteiger partial charge in [-0.3, -0.25) is 9.69 Å². The van der Waals surface area contributed by atoms with Crippen LogP contribution in [0.4, 0.5) is 8.78 Å². The Morgan fingerprint density at radius 1 is 1.31 bits per heavy atom. The fraction of sp³-hybridized carbons (Fsp3) is 0.474. The lowest BCUT2D eigenvalue weighted by Gasteiger charge is -2.29. The fourth-order valence-electron chi connectivity index (χ4n) is 3.06. The van der Waals surface area contributed by atoms with E-state index in [4.69, 9.17) is 0 Å². The number of para-hydroxylation sites is 1. The third-order valence-electron chi connectivity index (χ3n) is 4.44. The molecule has 0 amide bonds. The number of fused-ring (bicyclic) bond motifs is 1. The molecule has 0 saturated carbocycles. The van der Waals surface area contributed by atoms with E-state index in [1.165, 1.54) is 6.07 Å². The summed E-state index contributed by atoms with van der Waals surface area (Å²) in [5.74, 6) is 0.855. The number of nitrogens with one attached hydrogen (secondary N) is 1. The van der Waals surface area contributed by atoms with E-state index in [9.17, 15) is 13.6 Å². The van der Waals surface area contributed by atoms with Crippen LogP contribution < -0.4 is 10.3 Å². The second-order valence-electron chi connectivity index (χ2n) is 7.54. The van der Waals surface area contributed by atoms with Crippen molar-refractivity contribution in [1.82, 2.24) is 14.9 Å². The number of halogens is 2. The number of H-pyrrole nitrogens is 1. The predicted octanol–water partition coefficient (Wildman–Crippen LogP) is 3.23. The van der Waals surface area contributed by atoms with Gasteiger partial charge in [-0.05, 0) is 6.07 Å². The molecule has 0 radical (unpaired) electrons. The highest BCUT2D eigenvalue weighted by Crippen LogP contribution is 2.25. The van der Waals surface area contributed by atoms with Gasteiger partial charge in [0.1, 0.15) is 11.6 Å². The lowest BCUT2D eigenvalue weighted by atomic mass is 9.95. The van der Waals surface area contributed by atoms with E-state index in [2.05, 4.69) is 14.7 Å². The molecular weight excluding hydrogens is 340 g/mol. The number of benzene rings is 1. The van der Waals surface area contributed by atoms with Crippen LogP contribution in [0, 0.1) is 0 Å². The van der Waals surface area contributed by atoms with Crippen LogP contribution in [0.3, 0.4) is 0 Å². The van der Waals surface area contributed by atoms with Crippen LogP contribution in [0.2, 0.25) is 0 Å². The highest BCUT2D eigenvalue weighted by atomic mass is 19.3. The van der Waals surface area contributed by atoms with Gasteiger partial charge in [-0.1, -0.05) is 39.0 Å². The third kappa shape index (κ3) is 4.09. The van der Waals surface area contributed by atoms with E-state index in [0.29, 0.717) is 43.0 Å². The Morgan fingerprint density at radius 3 is 2.73 bits per heavy atom. The van der Waals surface area contributed by atoms with Crippen molar-refractivity contribution in [3.05, 3.63) is 57.3 Å². The number of nitrogens with zero attached hydrogens (tertiary/aromatic N) is 2. The monoisotopic (exact) mass is 363 g/mol. The molecule has 0 spiro atoms. The van der Waals surface area contributed by atoms with Crippen LogP contribution >= 0.6 is 0 Å². The third-order valence-corrected chi connectivity index (χ3v) is 4.44. The summed E-state index contributed by atoms with van der Waals surface area (Å²) < 4.78 is 29.7. The molecule has 0 aliphatic carbocycles. The molecule has 1 aromatic heterocycles. The summed E-state index contributed by atoms with van der Waals surface area (Å²) in [5, 5.41) is 0. The zero-order chi connectivity index (χ0) is 18.9. The minimum atomic E-state index is -2.86. The minimum Gasteiger partial charge on any atom is -0.434 e. The zero-order valence-corrected chi connectivity index (χ0v) is 15.2. The number of rotatable bonds is 4. The molecular formula is C19H23F2N3O2. The molecule has 1 aliphatic rings. The molecule has 0 saturated heterocycles. The highest BCUT2D eigenvalue weighted by Gasteiger charge is 2.25.